The number of nitriles is 1. The van der Waals surface area contributed by atoms with Gasteiger partial charge >= 0.3 is 6.09 Å². The maximum atomic E-state index is 11.7. The van der Waals surface area contributed by atoms with Crippen LogP contribution in [0.5, 0.6) is 0 Å². The molecular formula is C24H32N8O2. The van der Waals surface area contributed by atoms with E-state index in [9.17, 15) is 10.1 Å². The number of anilines is 4. The third kappa shape index (κ3) is 5.85. The summed E-state index contributed by atoms with van der Waals surface area (Å²) < 4.78 is 5.06. The van der Waals surface area contributed by atoms with Gasteiger partial charge in [-0.2, -0.15) is 10.2 Å². The fraction of sp³-hybridized carbons (Fsp3) is 0.500. The van der Waals surface area contributed by atoms with Gasteiger partial charge in [0, 0.05) is 57.2 Å². The second kappa shape index (κ2) is 11.5. The average molecular weight is 465 g/mol. The Labute approximate surface area is 200 Å². The standard InChI is InChI=1S/C24H32N8O2/c1-2-18-15-20(31-12-8-26-9-13-31)5-6-21(18)29-23-28-17-19(16-25)22(30-23)27-7-3-10-32-11-4-14-34-24(32)33/h5-6,15,17,26H,2-4,7-14H2,1H3,(H2,27,28,29,30). The number of carbonyl (C=O) groups excluding carboxylic acids is 1. The molecule has 34 heavy (non-hydrogen) atoms. The van der Waals surface area contributed by atoms with Crippen molar-refractivity contribution < 1.29 is 9.53 Å². The first-order valence-corrected chi connectivity index (χ1v) is 12.0. The first-order valence-electron chi connectivity index (χ1n) is 12.0. The quantitative estimate of drug-likeness (QED) is 0.481. The fourth-order valence-electron chi connectivity index (χ4n) is 4.17. The van der Waals surface area contributed by atoms with Crippen molar-refractivity contribution >= 4 is 29.2 Å². The number of hydrogen-bond donors (Lipinski definition) is 3. The SMILES string of the molecule is CCc1cc(N2CCNCC2)ccc1Nc1ncc(C#N)c(NCCCN2CCCOC2=O)n1. The van der Waals surface area contributed by atoms with Gasteiger partial charge in [-0.3, -0.25) is 0 Å². The normalized spacial score (nSPS) is 16.1. The number of piperazine rings is 1. The van der Waals surface area contributed by atoms with Crippen molar-refractivity contribution in [3.8, 4) is 6.07 Å². The Morgan fingerprint density at radius 3 is 2.88 bits per heavy atom. The van der Waals surface area contributed by atoms with E-state index in [2.05, 4.69) is 62.0 Å². The Hall–Kier alpha value is -3.58. The molecule has 0 spiro atoms. The zero-order valence-corrected chi connectivity index (χ0v) is 19.6. The van der Waals surface area contributed by atoms with Crippen LogP contribution in [0.4, 0.5) is 27.9 Å². The minimum atomic E-state index is -0.257. The number of rotatable bonds is 9. The molecule has 180 valence electrons. The number of amides is 1. The monoisotopic (exact) mass is 464 g/mol. The number of carbonyl (C=O) groups is 1. The Bertz CT molecular complexity index is 1030. The lowest BCUT2D eigenvalue weighted by Crippen LogP contribution is -2.43. The topological polar surface area (TPSA) is 118 Å². The summed E-state index contributed by atoms with van der Waals surface area (Å²) in [6, 6.07) is 8.56. The Balaban J connectivity index is 1.39. The van der Waals surface area contributed by atoms with E-state index >= 15 is 0 Å². The van der Waals surface area contributed by atoms with Gasteiger partial charge in [0.25, 0.3) is 0 Å². The van der Waals surface area contributed by atoms with Crippen LogP contribution in [-0.4, -0.2) is 73.4 Å². The number of aryl methyl sites for hydroxylation is 1. The molecule has 2 saturated heterocycles. The molecule has 3 heterocycles. The number of nitrogens with zero attached hydrogens (tertiary/aromatic N) is 5. The van der Waals surface area contributed by atoms with E-state index in [-0.39, 0.29) is 6.09 Å². The predicted molar refractivity (Wildman–Crippen MR) is 132 cm³/mol. The van der Waals surface area contributed by atoms with Crippen LogP contribution >= 0.6 is 0 Å². The van der Waals surface area contributed by atoms with Crippen LogP contribution in [0.3, 0.4) is 0 Å². The average Bonchev–Trinajstić information content (AvgIpc) is 2.88. The van der Waals surface area contributed by atoms with Crippen molar-refractivity contribution in [2.45, 2.75) is 26.2 Å². The lowest BCUT2D eigenvalue weighted by Gasteiger charge is -2.30. The van der Waals surface area contributed by atoms with Gasteiger partial charge in [-0.15, -0.1) is 0 Å². The molecule has 2 fully saturated rings. The minimum Gasteiger partial charge on any atom is -0.449 e. The molecule has 2 aromatic rings. The van der Waals surface area contributed by atoms with E-state index in [0.717, 1.165) is 57.7 Å². The smallest absolute Gasteiger partial charge is 0.409 e. The molecule has 1 aromatic carbocycles. The molecular weight excluding hydrogens is 432 g/mol. The van der Waals surface area contributed by atoms with Crippen LogP contribution in [0.1, 0.15) is 30.9 Å². The lowest BCUT2D eigenvalue weighted by atomic mass is 10.1. The third-order valence-corrected chi connectivity index (χ3v) is 6.06. The summed E-state index contributed by atoms with van der Waals surface area (Å²) >= 11 is 0. The summed E-state index contributed by atoms with van der Waals surface area (Å²) in [4.78, 5) is 24.7. The molecule has 0 radical (unpaired) electrons. The van der Waals surface area contributed by atoms with Gasteiger partial charge in [0.1, 0.15) is 17.5 Å². The maximum Gasteiger partial charge on any atom is 0.409 e. The highest BCUT2D eigenvalue weighted by molar-refractivity contribution is 5.68. The van der Waals surface area contributed by atoms with E-state index in [0.29, 0.717) is 37.0 Å². The lowest BCUT2D eigenvalue weighted by molar-refractivity contribution is 0.0729. The molecule has 1 aromatic heterocycles. The van der Waals surface area contributed by atoms with Gasteiger partial charge in [0.05, 0.1) is 12.8 Å². The molecule has 3 N–H and O–H groups in total. The van der Waals surface area contributed by atoms with Crippen molar-refractivity contribution in [1.29, 1.82) is 5.26 Å². The first-order chi connectivity index (χ1) is 16.7. The number of aromatic nitrogens is 2. The van der Waals surface area contributed by atoms with Gasteiger partial charge in [0.2, 0.25) is 5.95 Å². The van der Waals surface area contributed by atoms with Crippen molar-refractivity contribution in [2.24, 2.45) is 0 Å². The van der Waals surface area contributed by atoms with E-state index in [1.165, 1.54) is 17.4 Å². The first kappa shape index (κ1) is 23.6. The predicted octanol–water partition coefficient (Wildman–Crippen LogP) is 2.71. The van der Waals surface area contributed by atoms with E-state index in [4.69, 9.17) is 4.74 Å². The van der Waals surface area contributed by atoms with Gasteiger partial charge in [-0.25, -0.2) is 9.78 Å². The molecule has 0 saturated carbocycles. The van der Waals surface area contributed by atoms with Gasteiger partial charge in [-0.05, 0) is 43.0 Å². The van der Waals surface area contributed by atoms with Crippen LogP contribution in [0.15, 0.2) is 24.4 Å². The molecule has 10 heteroatoms. The highest BCUT2D eigenvalue weighted by Gasteiger charge is 2.19. The number of nitrogens with one attached hydrogen (secondary N) is 3. The molecule has 0 aliphatic carbocycles. The number of benzene rings is 1. The molecule has 10 nitrogen and oxygen atoms in total. The number of hydrogen-bond acceptors (Lipinski definition) is 9. The van der Waals surface area contributed by atoms with Crippen LogP contribution in [0.2, 0.25) is 0 Å². The van der Waals surface area contributed by atoms with Crippen molar-refractivity contribution in [3.63, 3.8) is 0 Å². The summed E-state index contributed by atoms with van der Waals surface area (Å²) in [5, 5.41) is 19.4. The van der Waals surface area contributed by atoms with Crippen LogP contribution in [0.25, 0.3) is 0 Å². The summed E-state index contributed by atoms with van der Waals surface area (Å²) in [5.74, 6) is 0.919. The number of ether oxygens (including phenoxy) is 1. The van der Waals surface area contributed by atoms with E-state index in [1.807, 2.05) is 0 Å². The van der Waals surface area contributed by atoms with Crippen molar-refractivity contribution in [3.05, 3.63) is 35.5 Å². The number of cyclic esters (lactones) is 1. The molecule has 0 bridgehead atoms. The minimum absolute atomic E-state index is 0.257. The summed E-state index contributed by atoms with van der Waals surface area (Å²) in [6.07, 6.45) is 3.73. The maximum absolute atomic E-state index is 11.7. The van der Waals surface area contributed by atoms with E-state index < -0.39 is 0 Å². The molecule has 2 aliphatic rings. The van der Waals surface area contributed by atoms with Gasteiger partial charge in [-0.1, -0.05) is 6.92 Å². The fourth-order valence-corrected chi connectivity index (χ4v) is 4.17. The largest absolute Gasteiger partial charge is 0.449 e. The second-order valence-corrected chi connectivity index (χ2v) is 8.36. The summed E-state index contributed by atoms with van der Waals surface area (Å²) in [6.45, 7) is 8.53. The van der Waals surface area contributed by atoms with E-state index in [1.54, 1.807) is 4.90 Å². The Kier molecular flexibility index (Phi) is 7.99. The highest BCUT2D eigenvalue weighted by atomic mass is 16.6. The molecule has 2 aliphatic heterocycles. The summed E-state index contributed by atoms with van der Waals surface area (Å²) in [7, 11) is 0. The van der Waals surface area contributed by atoms with Crippen molar-refractivity contribution in [1.82, 2.24) is 20.2 Å². The summed E-state index contributed by atoms with van der Waals surface area (Å²) in [5.41, 5.74) is 3.75. The van der Waals surface area contributed by atoms with Crippen LogP contribution in [-0.2, 0) is 11.2 Å². The second-order valence-electron chi connectivity index (χ2n) is 8.36. The zero-order chi connectivity index (χ0) is 23.8. The zero-order valence-electron chi connectivity index (χ0n) is 19.6. The Morgan fingerprint density at radius 2 is 2.12 bits per heavy atom. The molecule has 0 unspecified atom stereocenters. The van der Waals surface area contributed by atoms with Crippen LogP contribution < -0.4 is 20.9 Å². The van der Waals surface area contributed by atoms with Gasteiger partial charge < -0.3 is 30.5 Å². The van der Waals surface area contributed by atoms with Gasteiger partial charge in [0.15, 0.2) is 0 Å². The van der Waals surface area contributed by atoms with Crippen molar-refractivity contribution in [2.75, 3.05) is 68.0 Å². The third-order valence-electron chi connectivity index (χ3n) is 6.06. The molecule has 4 rings (SSSR count). The van der Waals surface area contributed by atoms with Crippen LogP contribution in [0, 0.1) is 11.3 Å². The Morgan fingerprint density at radius 1 is 1.26 bits per heavy atom. The molecule has 0 atom stereocenters. The highest BCUT2D eigenvalue weighted by Crippen LogP contribution is 2.26. The molecule has 1 amide bonds.